The molecule has 28 heavy (non-hydrogen) atoms. The van der Waals surface area contributed by atoms with E-state index in [1.165, 1.54) is 26.2 Å². The van der Waals surface area contributed by atoms with E-state index in [1.807, 2.05) is 43.6 Å². The zero-order valence-electron chi connectivity index (χ0n) is 16.4. The van der Waals surface area contributed by atoms with Crippen molar-refractivity contribution in [1.82, 2.24) is 15.3 Å². The molecule has 7 heteroatoms. The fourth-order valence-electron chi connectivity index (χ4n) is 3.43. The first-order valence-electron chi connectivity index (χ1n) is 9.94. The number of carbonyl (C=O) groups excluding carboxylic acids is 1. The molecule has 2 aromatic rings. The number of aromatic nitrogens is 2. The van der Waals surface area contributed by atoms with E-state index in [1.54, 1.807) is 0 Å². The Morgan fingerprint density at radius 2 is 1.86 bits per heavy atom. The van der Waals surface area contributed by atoms with Gasteiger partial charge in [0.25, 0.3) is 0 Å². The summed E-state index contributed by atoms with van der Waals surface area (Å²) in [5, 5.41) is 6.24. The second-order valence-corrected chi connectivity index (χ2v) is 7.67. The number of ether oxygens (including phenoxy) is 1. The number of hydrogen-bond donors (Lipinski definition) is 2. The molecule has 1 amide bonds. The van der Waals surface area contributed by atoms with Crippen LogP contribution < -0.4 is 20.3 Å². The van der Waals surface area contributed by atoms with Gasteiger partial charge in [0.15, 0.2) is 0 Å². The summed E-state index contributed by atoms with van der Waals surface area (Å²) < 4.78 is 6.03. The van der Waals surface area contributed by atoms with Crippen LogP contribution in [0, 0.1) is 0 Å². The number of benzene rings is 1. The minimum atomic E-state index is -0.0294. The van der Waals surface area contributed by atoms with Crippen molar-refractivity contribution in [3.05, 3.63) is 42.2 Å². The molecule has 1 aromatic heterocycles. The lowest BCUT2D eigenvalue weighted by Gasteiger charge is -2.40. The third kappa shape index (κ3) is 4.35. The van der Waals surface area contributed by atoms with Gasteiger partial charge in [-0.15, -0.1) is 0 Å². The predicted octanol–water partition coefficient (Wildman–Crippen LogP) is 2.91. The third-order valence-corrected chi connectivity index (χ3v) is 5.39. The Kier molecular flexibility index (Phi) is 5.32. The summed E-state index contributed by atoms with van der Waals surface area (Å²) in [5.41, 5.74) is 2.09. The van der Waals surface area contributed by atoms with E-state index in [4.69, 9.17) is 4.74 Å². The van der Waals surface area contributed by atoms with E-state index in [0.717, 1.165) is 36.0 Å². The summed E-state index contributed by atoms with van der Waals surface area (Å²) in [4.78, 5) is 22.2. The Morgan fingerprint density at radius 3 is 2.43 bits per heavy atom. The Balaban J connectivity index is 1.24. The molecule has 0 bridgehead atoms. The van der Waals surface area contributed by atoms with Crippen molar-refractivity contribution < 1.29 is 9.53 Å². The molecule has 0 radical (unpaired) electrons. The van der Waals surface area contributed by atoms with Crippen LogP contribution in [0.3, 0.4) is 0 Å². The molecule has 1 saturated carbocycles. The van der Waals surface area contributed by atoms with Crippen LogP contribution in [-0.4, -0.2) is 41.1 Å². The second-order valence-electron chi connectivity index (χ2n) is 7.67. The van der Waals surface area contributed by atoms with Gasteiger partial charge >= 0.3 is 0 Å². The van der Waals surface area contributed by atoms with E-state index < -0.39 is 0 Å². The summed E-state index contributed by atoms with van der Waals surface area (Å²) in [6.45, 7) is 5.14. The van der Waals surface area contributed by atoms with Crippen LogP contribution in [-0.2, 0) is 4.79 Å². The lowest BCUT2D eigenvalue weighted by molar-refractivity contribution is -0.119. The molecular formula is C21H27N5O2. The molecule has 1 aliphatic carbocycles. The maximum Gasteiger partial charge on any atom is 0.222 e. The van der Waals surface area contributed by atoms with Crippen molar-refractivity contribution in [1.29, 1.82) is 0 Å². The maximum absolute atomic E-state index is 11.2. The number of amides is 1. The van der Waals surface area contributed by atoms with Crippen molar-refractivity contribution in [2.45, 2.75) is 51.3 Å². The van der Waals surface area contributed by atoms with E-state index in [9.17, 15) is 4.79 Å². The van der Waals surface area contributed by atoms with Gasteiger partial charge in [0.1, 0.15) is 11.9 Å². The van der Waals surface area contributed by atoms with Gasteiger partial charge in [-0.1, -0.05) is 12.1 Å². The molecule has 1 aliphatic heterocycles. The van der Waals surface area contributed by atoms with Gasteiger partial charge < -0.3 is 20.3 Å². The molecule has 2 heterocycles. The van der Waals surface area contributed by atoms with E-state index in [2.05, 4.69) is 25.5 Å². The number of nitrogens with one attached hydrogen (secondary N) is 2. The van der Waals surface area contributed by atoms with Crippen molar-refractivity contribution in [3.8, 4) is 5.75 Å². The molecule has 148 valence electrons. The number of hydrogen-bond acceptors (Lipinski definition) is 6. The highest BCUT2D eigenvalue weighted by molar-refractivity contribution is 5.73. The van der Waals surface area contributed by atoms with Crippen LogP contribution in [0.1, 0.15) is 44.7 Å². The number of nitrogens with zero attached hydrogens (tertiary/aromatic N) is 3. The van der Waals surface area contributed by atoms with Crippen molar-refractivity contribution in [2.24, 2.45) is 0 Å². The first-order valence-corrected chi connectivity index (χ1v) is 9.94. The van der Waals surface area contributed by atoms with Gasteiger partial charge in [0, 0.05) is 13.0 Å². The summed E-state index contributed by atoms with van der Waals surface area (Å²) >= 11 is 0. The first-order chi connectivity index (χ1) is 13.6. The lowest BCUT2D eigenvalue weighted by atomic mass is 9.93. The predicted molar refractivity (Wildman–Crippen MR) is 109 cm³/mol. The average Bonchev–Trinajstić information content (AvgIpc) is 2.61. The second kappa shape index (κ2) is 8.04. The molecule has 7 nitrogen and oxygen atoms in total. The van der Waals surface area contributed by atoms with Crippen molar-refractivity contribution >= 4 is 17.5 Å². The average molecular weight is 381 g/mol. The lowest BCUT2D eigenvalue weighted by Crippen LogP contribution is -2.54. The number of anilines is 2. The molecule has 2 N–H and O–H groups in total. The standard InChI is InChI=1S/C21H27N5O2/c1-14(24-15(2)27)16-6-8-19(9-7-16)28-20-12-26(13-20)18-10-22-21(23-11-18)25-17-4-3-5-17/h6-11,14,17,20H,3-5,12-13H2,1-2H3,(H,24,27)(H,22,23,25)/t14-/m0/s1. The Bertz CT molecular complexity index is 799. The maximum atomic E-state index is 11.2. The molecule has 2 aliphatic rings. The molecule has 1 atom stereocenters. The molecule has 4 rings (SSSR count). The van der Waals surface area contributed by atoms with Gasteiger partial charge in [-0.3, -0.25) is 4.79 Å². The van der Waals surface area contributed by atoms with Crippen molar-refractivity contribution in [2.75, 3.05) is 23.3 Å². The Morgan fingerprint density at radius 1 is 1.18 bits per heavy atom. The largest absolute Gasteiger partial charge is 0.487 e. The monoisotopic (exact) mass is 381 g/mol. The van der Waals surface area contributed by atoms with E-state index in [-0.39, 0.29) is 18.1 Å². The van der Waals surface area contributed by atoms with Crippen LogP contribution >= 0.6 is 0 Å². The zero-order valence-corrected chi connectivity index (χ0v) is 16.4. The van der Waals surface area contributed by atoms with Crippen LogP contribution in [0.4, 0.5) is 11.6 Å². The van der Waals surface area contributed by atoms with Crippen LogP contribution in [0.15, 0.2) is 36.7 Å². The third-order valence-electron chi connectivity index (χ3n) is 5.39. The molecule has 1 aromatic carbocycles. The molecule has 2 fully saturated rings. The fourth-order valence-corrected chi connectivity index (χ4v) is 3.43. The minimum Gasteiger partial charge on any atom is -0.487 e. The van der Waals surface area contributed by atoms with Crippen LogP contribution in [0.25, 0.3) is 0 Å². The Labute approximate surface area is 165 Å². The van der Waals surface area contributed by atoms with Gasteiger partial charge in [-0.2, -0.15) is 0 Å². The molecular weight excluding hydrogens is 354 g/mol. The highest BCUT2D eigenvalue weighted by Gasteiger charge is 2.29. The summed E-state index contributed by atoms with van der Waals surface area (Å²) in [6.07, 6.45) is 7.63. The van der Waals surface area contributed by atoms with E-state index >= 15 is 0 Å². The first kappa shape index (κ1) is 18.5. The SMILES string of the molecule is CC(=O)N[C@@H](C)c1ccc(OC2CN(c3cnc(NC4CCC4)nc3)C2)cc1. The number of rotatable bonds is 7. The topological polar surface area (TPSA) is 79.4 Å². The summed E-state index contributed by atoms with van der Waals surface area (Å²) in [7, 11) is 0. The van der Waals surface area contributed by atoms with Crippen LogP contribution in [0.5, 0.6) is 5.75 Å². The summed E-state index contributed by atoms with van der Waals surface area (Å²) in [5.74, 6) is 1.54. The molecule has 0 unspecified atom stereocenters. The van der Waals surface area contributed by atoms with Gasteiger partial charge in [0.05, 0.1) is 37.2 Å². The quantitative estimate of drug-likeness (QED) is 0.768. The zero-order chi connectivity index (χ0) is 19.5. The normalized spacial score (nSPS) is 18.0. The van der Waals surface area contributed by atoms with Gasteiger partial charge in [-0.05, 0) is 43.9 Å². The van der Waals surface area contributed by atoms with Gasteiger partial charge in [0.2, 0.25) is 11.9 Å². The highest BCUT2D eigenvalue weighted by Crippen LogP contribution is 2.26. The number of carbonyl (C=O) groups is 1. The molecule has 1 saturated heterocycles. The van der Waals surface area contributed by atoms with Gasteiger partial charge in [-0.25, -0.2) is 9.97 Å². The van der Waals surface area contributed by atoms with Crippen LogP contribution in [0.2, 0.25) is 0 Å². The highest BCUT2D eigenvalue weighted by atomic mass is 16.5. The van der Waals surface area contributed by atoms with E-state index in [0.29, 0.717) is 6.04 Å². The summed E-state index contributed by atoms with van der Waals surface area (Å²) in [6, 6.07) is 8.44. The smallest absolute Gasteiger partial charge is 0.222 e. The fraction of sp³-hybridized carbons (Fsp3) is 0.476. The molecule has 0 spiro atoms. The van der Waals surface area contributed by atoms with Crippen molar-refractivity contribution in [3.63, 3.8) is 0 Å². The minimum absolute atomic E-state index is 0.00695. The Hall–Kier alpha value is -2.83.